The van der Waals surface area contributed by atoms with Crippen molar-refractivity contribution < 1.29 is 9.26 Å². The SMILES string of the molecule is CCNC(=NCc1nc(C(C)OCC)no1)N1CCN(Cc2cccs2)CC1. The van der Waals surface area contributed by atoms with Crippen molar-refractivity contribution in [1.82, 2.24) is 25.3 Å². The minimum Gasteiger partial charge on any atom is -0.371 e. The summed E-state index contributed by atoms with van der Waals surface area (Å²) in [7, 11) is 0. The molecule has 1 atom stereocenters. The van der Waals surface area contributed by atoms with Crippen LogP contribution in [0.15, 0.2) is 27.0 Å². The Morgan fingerprint density at radius 2 is 2.18 bits per heavy atom. The lowest BCUT2D eigenvalue weighted by atomic mass is 10.3. The average molecular weight is 407 g/mol. The zero-order valence-electron chi connectivity index (χ0n) is 16.9. The number of hydrogen-bond donors (Lipinski definition) is 1. The molecule has 1 fully saturated rings. The number of aromatic nitrogens is 2. The van der Waals surface area contributed by atoms with Crippen LogP contribution in [0.2, 0.25) is 0 Å². The number of nitrogens with zero attached hydrogens (tertiary/aromatic N) is 5. The first-order valence-electron chi connectivity index (χ1n) is 9.91. The maximum Gasteiger partial charge on any atom is 0.248 e. The first-order chi connectivity index (χ1) is 13.7. The molecule has 0 bridgehead atoms. The molecule has 3 rings (SSSR count). The molecule has 2 aromatic rings. The summed E-state index contributed by atoms with van der Waals surface area (Å²) in [6.07, 6.45) is -0.170. The number of guanidine groups is 1. The minimum atomic E-state index is -0.170. The average Bonchev–Trinajstić information content (AvgIpc) is 3.38. The van der Waals surface area contributed by atoms with Crippen molar-refractivity contribution in [3.8, 4) is 0 Å². The molecule has 1 N–H and O–H groups in total. The van der Waals surface area contributed by atoms with Gasteiger partial charge in [-0.25, -0.2) is 4.99 Å². The molecule has 0 radical (unpaired) electrons. The van der Waals surface area contributed by atoms with Gasteiger partial charge in [-0.15, -0.1) is 11.3 Å². The van der Waals surface area contributed by atoms with E-state index in [1.54, 1.807) is 0 Å². The van der Waals surface area contributed by atoms with Crippen LogP contribution in [0.5, 0.6) is 0 Å². The van der Waals surface area contributed by atoms with E-state index in [1.165, 1.54) is 4.88 Å². The Kier molecular flexibility index (Phi) is 7.81. The van der Waals surface area contributed by atoms with Crippen molar-refractivity contribution in [2.45, 2.75) is 40.0 Å². The molecule has 2 aromatic heterocycles. The zero-order chi connectivity index (χ0) is 19.8. The van der Waals surface area contributed by atoms with Crippen LogP contribution in [-0.2, 0) is 17.8 Å². The number of aliphatic imine (C=N–C) groups is 1. The Hall–Kier alpha value is -1.97. The molecule has 0 aliphatic carbocycles. The van der Waals surface area contributed by atoms with Gasteiger partial charge in [0.05, 0.1) is 0 Å². The number of piperazine rings is 1. The van der Waals surface area contributed by atoms with E-state index in [9.17, 15) is 0 Å². The second-order valence-electron chi connectivity index (χ2n) is 6.66. The second kappa shape index (κ2) is 10.5. The maximum atomic E-state index is 5.50. The Morgan fingerprint density at radius 1 is 1.36 bits per heavy atom. The largest absolute Gasteiger partial charge is 0.371 e. The maximum absolute atomic E-state index is 5.50. The number of ether oxygens (including phenoxy) is 1. The molecular weight excluding hydrogens is 376 g/mol. The summed E-state index contributed by atoms with van der Waals surface area (Å²) in [6, 6.07) is 4.32. The smallest absolute Gasteiger partial charge is 0.248 e. The van der Waals surface area contributed by atoms with Gasteiger partial charge in [0.2, 0.25) is 5.89 Å². The van der Waals surface area contributed by atoms with E-state index in [0.29, 0.717) is 24.9 Å². The number of hydrogen-bond acceptors (Lipinski definition) is 7. The summed E-state index contributed by atoms with van der Waals surface area (Å²) >= 11 is 1.82. The molecule has 154 valence electrons. The number of rotatable bonds is 8. The lowest BCUT2D eigenvalue weighted by Gasteiger charge is -2.36. The summed E-state index contributed by atoms with van der Waals surface area (Å²) in [6.45, 7) is 12.7. The van der Waals surface area contributed by atoms with E-state index in [-0.39, 0.29) is 6.10 Å². The fourth-order valence-corrected chi connectivity index (χ4v) is 3.88. The van der Waals surface area contributed by atoms with E-state index in [1.807, 2.05) is 25.2 Å². The van der Waals surface area contributed by atoms with E-state index in [2.05, 4.69) is 49.7 Å². The molecule has 9 heteroatoms. The fourth-order valence-electron chi connectivity index (χ4n) is 3.13. The summed E-state index contributed by atoms with van der Waals surface area (Å²) in [5, 5.41) is 9.51. The van der Waals surface area contributed by atoms with Crippen LogP contribution in [0.3, 0.4) is 0 Å². The topological polar surface area (TPSA) is 79.0 Å². The predicted molar refractivity (Wildman–Crippen MR) is 110 cm³/mol. The van der Waals surface area contributed by atoms with Crippen LogP contribution in [0.25, 0.3) is 0 Å². The molecule has 8 nitrogen and oxygen atoms in total. The van der Waals surface area contributed by atoms with Gasteiger partial charge in [0, 0.05) is 50.8 Å². The Bertz CT molecular complexity index is 725. The van der Waals surface area contributed by atoms with Gasteiger partial charge < -0.3 is 19.5 Å². The summed E-state index contributed by atoms with van der Waals surface area (Å²) in [5.41, 5.74) is 0. The van der Waals surface area contributed by atoms with Crippen LogP contribution in [0.1, 0.15) is 43.5 Å². The van der Waals surface area contributed by atoms with Crippen LogP contribution in [-0.4, -0.2) is 65.2 Å². The Balaban J connectivity index is 1.54. The highest BCUT2D eigenvalue weighted by molar-refractivity contribution is 7.09. The predicted octanol–water partition coefficient (Wildman–Crippen LogP) is 2.51. The number of nitrogens with one attached hydrogen (secondary N) is 1. The van der Waals surface area contributed by atoms with Gasteiger partial charge in [-0.2, -0.15) is 4.98 Å². The van der Waals surface area contributed by atoms with Crippen molar-refractivity contribution in [1.29, 1.82) is 0 Å². The van der Waals surface area contributed by atoms with E-state index >= 15 is 0 Å². The quantitative estimate of drug-likeness (QED) is 0.533. The van der Waals surface area contributed by atoms with Gasteiger partial charge in [-0.1, -0.05) is 11.2 Å². The van der Waals surface area contributed by atoms with Crippen LogP contribution < -0.4 is 5.32 Å². The van der Waals surface area contributed by atoms with Gasteiger partial charge in [0.15, 0.2) is 11.8 Å². The molecule has 0 spiro atoms. The van der Waals surface area contributed by atoms with E-state index in [4.69, 9.17) is 14.3 Å². The van der Waals surface area contributed by atoms with Gasteiger partial charge in [-0.3, -0.25) is 4.90 Å². The third-order valence-electron chi connectivity index (χ3n) is 4.59. The molecule has 0 saturated carbocycles. The van der Waals surface area contributed by atoms with Crippen molar-refractivity contribution in [3.63, 3.8) is 0 Å². The monoisotopic (exact) mass is 406 g/mol. The Morgan fingerprint density at radius 3 is 2.86 bits per heavy atom. The third kappa shape index (κ3) is 5.76. The molecule has 28 heavy (non-hydrogen) atoms. The van der Waals surface area contributed by atoms with E-state index < -0.39 is 0 Å². The standard InChI is InChI=1S/C19H30N6O2S/c1-4-20-19(21-13-17-22-18(23-27-17)15(3)26-5-2)25-10-8-24(9-11-25)14-16-7-6-12-28-16/h6-7,12,15H,4-5,8-11,13-14H2,1-3H3,(H,20,21). The molecule has 0 aromatic carbocycles. The first kappa shape index (κ1) is 20.8. The normalized spacial score (nSPS) is 17.1. The van der Waals surface area contributed by atoms with E-state index in [0.717, 1.165) is 45.2 Å². The van der Waals surface area contributed by atoms with Crippen molar-refractivity contribution >= 4 is 17.3 Å². The molecule has 1 saturated heterocycles. The van der Waals surface area contributed by atoms with Crippen molar-refractivity contribution in [3.05, 3.63) is 34.1 Å². The van der Waals surface area contributed by atoms with Crippen molar-refractivity contribution in [2.24, 2.45) is 4.99 Å². The lowest BCUT2D eigenvalue weighted by Crippen LogP contribution is -2.52. The lowest BCUT2D eigenvalue weighted by molar-refractivity contribution is 0.0683. The summed E-state index contributed by atoms with van der Waals surface area (Å²) in [4.78, 5) is 15.3. The highest BCUT2D eigenvalue weighted by Gasteiger charge is 2.20. The molecule has 0 amide bonds. The van der Waals surface area contributed by atoms with Gasteiger partial charge in [0.25, 0.3) is 0 Å². The minimum absolute atomic E-state index is 0.170. The third-order valence-corrected chi connectivity index (χ3v) is 5.46. The van der Waals surface area contributed by atoms with Crippen LogP contribution in [0, 0.1) is 0 Å². The van der Waals surface area contributed by atoms with Crippen molar-refractivity contribution in [2.75, 3.05) is 39.3 Å². The summed E-state index contributed by atoms with van der Waals surface area (Å²) < 4.78 is 10.8. The molecule has 1 unspecified atom stereocenters. The molecule has 1 aliphatic heterocycles. The summed E-state index contributed by atoms with van der Waals surface area (Å²) in [5.74, 6) is 1.98. The highest BCUT2D eigenvalue weighted by Crippen LogP contribution is 2.15. The van der Waals surface area contributed by atoms with Gasteiger partial charge in [-0.05, 0) is 32.2 Å². The first-order valence-corrected chi connectivity index (χ1v) is 10.8. The second-order valence-corrected chi connectivity index (χ2v) is 7.69. The van der Waals surface area contributed by atoms with Gasteiger partial charge in [0.1, 0.15) is 12.6 Å². The molecule has 3 heterocycles. The fraction of sp³-hybridized carbons (Fsp3) is 0.632. The van der Waals surface area contributed by atoms with Crippen LogP contribution in [0.4, 0.5) is 0 Å². The Labute approximate surface area is 170 Å². The van der Waals surface area contributed by atoms with Gasteiger partial charge >= 0.3 is 0 Å². The molecule has 1 aliphatic rings. The zero-order valence-corrected chi connectivity index (χ0v) is 17.7. The van der Waals surface area contributed by atoms with Crippen LogP contribution >= 0.6 is 11.3 Å². The molecular formula is C19H30N6O2S. The number of thiophene rings is 1. The highest BCUT2D eigenvalue weighted by atomic mass is 32.1.